The quantitative estimate of drug-likeness (QED) is 0.0273. The van der Waals surface area contributed by atoms with Gasteiger partial charge in [-0.05, 0) is 64.2 Å². The van der Waals surface area contributed by atoms with E-state index in [1.165, 1.54) is 116 Å². The van der Waals surface area contributed by atoms with Gasteiger partial charge in [0.15, 0.2) is 0 Å². The van der Waals surface area contributed by atoms with E-state index in [4.69, 9.17) is 9.05 Å². The summed E-state index contributed by atoms with van der Waals surface area (Å²) in [5, 5.41) is 13.8. The SMILES string of the molecule is CC/C=C\C/C=C\C/C=C\C/C=C\C/C=C\CCCCCCCCCCCCCCCC(=O)NC(COP(=O)([O-])OCC[N+](C)(C)C)C(O)/C=C/CCCCCCCCCCC. The van der Waals surface area contributed by atoms with Crippen molar-refractivity contribution in [2.24, 2.45) is 0 Å². The number of carbonyl (C=O) groups excluding carboxylic acids is 1. The number of phosphoric acid groups is 1. The molecule has 0 aromatic rings. The molecule has 62 heavy (non-hydrogen) atoms. The maximum Gasteiger partial charge on any atom is 0.268 e. The number of allylic oxidation sites excluding steroid dienone is 11. The zero-order chi connectivity index (χ0) is 45.7. The number of hydrogen-bond acceptors (Lipinski definition) is 6. The average molecular weight is 889 g/mol. The van der Waals surface area contributed by atoms with E-state index in [0.717, 1.165) is 70.6 Å². The zero-order valence-corrected chi connectivity index (χ0v) is 41.7. The number of amides is 1. The molecule has 0 rings (SSSR count). The molecule has 0 saturated carbocycles. The van der Waals surface area contributed by atoms with Gasteiger partial charge in [0.1, 0.15) is 13.2 Å². The number of carbonyl (C=O) groups is 1. The molecule has 0 fully saturated rings. The van der Waals surface area contributed by atoms with Crippen molar-refractivity contribution in [2.75, 3.05) is 40.9 Å². The van der Waals surface area contributed by atoms with Crippen LogP contribution in [-0.2, 0) is 18.4 Å². The van der Waals surface area contributed by atoms with Crippen molar-refractivity contribution in [1.82, 2.24) is 5.32 Å². The second kappa shape index (κ2) is 44.2. The summed E-state index contributed by atoms with van der Waals surface area (Å²) < 4.78 is 23.2. The van der Waals surface area contributed by atoms with Crippen molar-refractivity contribution in [1.29, 1.82) is 0 Å². The maximum atomic E-state index is 12.9. The number of rotatable bonds is 45. The standard InChI is InChI=1S/C53H97N2O6P/c1-6-8-10-12-14-16-18-19-20-21-22-23-24-25-26-27-28-29-30-31-32-33-34-35-37-39-41-43-45-47-53(57)54-51(50-61-62(58,59)60-49-48-55(3,4)5)52(56)46-44-42-40-38-36-17-15-13-11-9-7-2/h8,10,14,16,19-20,22-23,25-26,44,46,51-52,56H,6-7,9,11-13,15,17-18,21,24,27-43,45,47-50H2,1-5H3,(H-,54,57,58,59)/b10-8-,16-14-,20-19-,23-22-,26-25-,46-44+. The number of unbranched alkanes of at least 4 members (excludes halogenated alkanes) is 22. The Morgan fingerprint density at radius 2 is 0.984 bits per heavy atom. The molecule has 0 bridgehead atoms. The Labute approximate surface area is 383 Å². The normalized spacial score (nSPS) is 14.8. The number of phosphoric ester groups is 1. The first-order valence-electron chi connectivity index (χ1n) is 25.3. The molecule has 0 aliphatic carbocycles. The Morgan fingerprint density at radius 3 is 1.44 bits per heavy atom. The molecule has 0 saturated heterocycles. The highest BCUT2D eigenvalue weighted by atomic mass is 31.2. The van der Waals surface area contributed by atoms with Gasteiger partial charge in [0, 0.05) is 6.42 Å². The highest BCUT2D eigenvalue weighted by molar-refractivity contribution is 7.45. The minimum absolute atomic E-state index is 0.00356. The lowest BCUT2D eigenvalue weighted by Crippen LogP contribution is -2.45. The third-order valence-electron chi connectivity index (χ3n) is 10.9. The molecule has 0 aliphatic rings. The Balaban J connectivity index is 4.14. The third kappa shape index (κ3) is 45.9. The predicted molar refractivity (Wildman–Crippen MR) is 265 cm³/mol. The molecule has 3 atom stereocenters. The number of quaternary nitrogens is 1. The molecule has 0 spiro atoms. The molecule has 8 nitrogen and oxygen atoms in total. The van der Waals surface area contributed by atoms with Crippen LogP contribution in [0.15, 0.2) is 72.9 Å². The van der Waals surface area contributed by atoms with E-state index in [9.17, 15) is 19.4 Å². The van der Waals surface area contributed by atoms with Gasteiger partial charge in [0.25, 0.3) is 7.82 Å². The molecule has 0 radical (unpaired) electrons. The van der Waals surface area contributed by atoms with Crippen molar-refractivity contribution in [2.45, 2.75) is 219 Å². The largest absolute Gasteiger partial charge is 0.756 e. The fourth-order valence-corrected chi connectivity index (χ4v) is 7.67. The summed E-state index contributed by atoms with van der Waals surface area (Å²) >= 11 is 0. The van der Waals surface area contributed by atoms with Crippen molar-refractivity contribution >= 4 is 13.7 Å². The van der Waals surface area contributed by atoms with Crippen LogP contribution in [-0.4, -0.2) is 68.5 Å². The summed E-state index contributed by atoms with van der Waals surface area (Å²) in [5.74, 6) is -0.203. The van der Waals surface area contributed by atoms with Gasteiger partial charge >= 0.3 is 0 Å². The number of aliphatic hydroxyl groups excluding tert-OH is 1. The van der Waals surface area contributed by atoms with Gasteiger partial charge < -0.3 is 28.8 Å². The summed E-state index contributed by atoms with van der Waals surface area (Å²) in [6, 6.07) is -0.888. The summed E-state index contributed by atoms with van der Waals surface area (Å²) in [6.07, 6.45) is 59.6. The maximum absolute atomic E-state index is 12.9. The van der Waals surface area contributed by atoms with Crippen molar-refractivity contribution in [3.05, 3.63) is 72.9 Å². The number of aliphatic hydroxyl groups is 1. The highest BCUT2D eigenvalue weighted by Crippen LogP contribution is 2.38. The van der Waals surface area contributed by atoms with E-state index in [0.29, 0.717) is 17.4 Å². The molecule has 0 aromatic carbocycles. The molecule has 0 aromatic heterocycles. The summed E-state index contributed by atoms with van der Waals surface area (Å²) in [6.45, 7) is 4.51. The molecular formula is C53H97N2O6P. The summed E-state index contributed by atoms with van der Waals surface area (Å²) in [5.41, 5.74) is 0. The second-order valence-electron chi connectivity index (χ2n) is 18.1. The van der Waals surface area contributed by atoms with Crippen LogP contribution >= 0.6 is 7.82 Å². The van der Waals surface area contributed by atoms with Gasteiger partial charge in [-0.1, -0.05) is 209 Å². The Kier molecular flexibility index (Phi) is 42.7. The van der Waals surface area contributed by atoms with E-state index in [2.05, 4.69) is 79.9 Å². The highest BCUT2D eigenvalue weighted by Gasteiger charge is 2.23. The first-order valence-corrected chi connectivity index (χ1v) is 26.8. The lowest BCUT2D eigenvalue weighted by molar-refractivity contribution is -0.870. The topological polar surface area (TPSA) is 108 Å². The van der Waals surface area contributed by atoms with E-state index in [1.807, 2.05) is 27.2 Å². The van der Waals surface area contributed by atoms with Crippen LogP contribution in [0.2, 0.25) is 0 Å². The van der Waals surface area contributed by atoms with Gasteiger partial charge in [-0.25, -0.2) is 0 Å². The Hall–Kier alpha value is -2.06. The molecule has 0 aliphatic heterocycles. The van der Waals surface area contributed by atoms with Crippen LogP contribution in [0.1, 0.15) is 206 Å². The van der Waals surface area contributed by atoms with E-state index < -0.39 is 20.0 Å². The van der Waals surface area contributed by atoms with Crippen molar-refractivity contribution in [3.63, 3.8) is 0 Å². The molecule has 360 valence electrons. The predicted octanol–water partition coefficient (Wildman–Crippen LogP) is 14.1. The molecular weight excluding hydrogens is 792 g/mol. The van der Waals surface area contributed by atoms with Crippen LogP contribution in [0, 0.1) is 0 Å². The van der Waals surface area contributed by atoms with Gasteiger partial charge in [-0.15, -0.1) is 0 Å². The first-order chi connectivity index (χ1) is 30.0. The van der Waals surface area contributed by atoms with Crippen molar-refractivity contribution < 1.29 is 32.9 Å². The van der Waals surface area contributed by atoms with E-state index in [-0.39, 0.29) is 19.1 Å². The van der Waals surface area contributed by atoms with Crippen LogP contribution in [0.3, 0.4) is 0 Å². The molecule has 1 amide bonds. The van der Waals surface area contributed by atoms with Gasteiger partial charge in [-0.3, -0.25) is 9.36 Å². The monoisotopic (exact) mass is 889 g/mol. The van der Waals surface area contributed by atoms with E-state index in [1.54, 1.807) is 6.08 Å². The summed E-state index contributed by atoms with van der Waals surface area (Å²) in [4.78, 5) is 25.3. The lowest BCUT2D eigenvalue weighted by atomic mass is 10.0. The third-order valence-corrected chi connectivity index (χ3v) is 11.9. The van der Waals surface area contributed by atoms with Gasteiger partial charge in [-0.2, -0.15) is 0 Å². The van der Waals surface area contributed by atoms with Gasteiger partial charge in [0.2, 0.25) is 5.91 Å². The van der Waals surface area contributed by atoms with Crippen LogP contribution in [0.25, 0.3) is 0 Å². The first kappa shape index (κ1) is 59.9. The van der Waals surface area contributed by atoms with E-state index >= 15 is 0 Å². The summed E-state index contributed by atoms with van der Waals surface area (Å²) in [7, 11) is 1.25. The number of nitrogens with zero attached hydrogens (tertiary/aromatic N) is 1. The van der Waals surface area contributed by atoms with Crippen LogP contribution < -0.4 is 10.2 Å². The molecule has 9 heteroatoms. The Bertz CT molecular complexity index is 1240. The van der Waals surface area contributed by atoms with Crippen LogP contribution in [0.4, 0.5) is 0 Å². The van der Waals surface area contributed by atoms with Gasteiger partial charge in [0.05, 0.1) is 39.9 Å². The van der Waals surface area contributed by atoms with Crippen LogP contribution in [0.5, 0.6) is 0 Å². The number of nitrogens with one attached hydrogen (secondary N) is 1. The lowest BCUT2D eigenvalue weighted by Gasteiger charge is -2.29. The number of hydrogen-bond donors (Lipinski definition) is 2. The molecule has 3 unspecified atom stereocenters. The fourth-order valence-electron chi connectivity index (χ4n) is 6.94. The minimum Gasteiger partial charge on any atom is -0.756 e. The molecule has 0 heterocycles. The smallest absolute Gasteiger partial charge is 0.268 e. The number of likely N-dealkylation sites (N-methyl/N-ethyl adjacent to an activating group) is 1. The van der Waals surface area contributed by atoms with Crippen molar-refractivity contribution in [3.8, 4) is 0 Å². The minimum atomic E-state index is -4.59. The zero-order valence-electron chi connectivity index (χ0n) is 40.8. The average Bonchev–Trinajstić information content (AvgIpc) is 3.23. The Morgan fingerprint density at radius 1 is 0.581 bits per heavy atom. The second-order valence-corrected chi connectivity index (χ2v) is 19.6. The molecule has 2 N–H and O–H groups in total. The fraction of sp³-hybridized carbons (Fsp3) is 0.755.